The normalized spacial score (nSPS) is 41.1. The highest BCUT2D eigenvalue weighted by Gasteiger charge is 2.54. The molecule has 0 bridgehead atoms. The topological polar surface area (TPSA) is 46.5 Å². The van der Waals surface area contributed by atoms with Crippen LogP contribution in [0.2, 0.25) is 0 Å². The SMILES string of the molecule is CC(=O)O[C@@H]1/C=C(\C)CC[C@@H]2[C@@](C)(C/C=C(\C)C1)CC[C@@]2(O)C(C)C. The third-order valence-electron chi connectivity index (χ3n) is 6.60. The second kappa shape index (κ2) is 7.65. The molecule has 2 aliphatic rings. The van der Waals surface area contributed by atoms with Crippen molar-refractivity contribution in [2.24, 2.45) is 17.3 Å². The molecule has 0 aromatic heterocycles. The lowest BCUT2D eigenvalue weighted by Crippen LogP contribution is -2.43. The van der Waals surface area contributed by atoms with Crippen LogP contribution in [0.5, 0.6) is 0 Å². The Hall–Kier alpha value is -1.09. The fourth-order valence-electron chi connectivity index (χ4n) is 4.90. The summed E-state index contributed by atoms with van der Waals surface area (Å²) in [6.45, 7) is 12.4. The Labute approximate surface area is 153 Å². The van der Waals surface area contributed by atoms with Gasteiger partial charge in [0.2, 0.25) is 0 Å². The zero-order valence-corrected chi connectivity index (χ0v) is 16.9. The van der Waals surface area contributed by atoms with Crippen LogP contribution >= 0.6 is 0 Å². The molecule has 2 aliphatic carbocycles. The molecular formula is C22H36O3. The van der Waals surface area contributed by atoms with Crippen LogP contribution in [0.15, 0.2) is 23.3 Å². The van der Waals surface area contributed by atoms with E-state index in [4.69, 9.17) is 4.74 Å². The van der Waals surface area contributed by atoms with Crippen LogP contribution in [-0.2, 0) is 9.53 Å². The third-order valence-corrected chi connectivity index (χ3v) is 6.60. The average Bonchev–Trinajstić information content (AvgIpc) is 2.74. The molecule has 3 nitrogen and oxygen atoms in total. The molecule has 3 heteroatoms. The highest BCUT2D eigenvalue weighted by molar-refractivity contribution is 5.66. The lowest BCUT2D eigenvalue weighted by molar-refractivity contribution is -0.144. The molecule has 0 aliphatic heterocycles. The Kier molecular flexibility index (Phi) is 6.19. The molecule has 0 heterocycles. The first kappa shape index (κ1) is 20.2. The summed E-state index contributed by atoms with van der Waals surface area (Å²) in [4.78, 5) is 11.4. The van der Waals surface area contributed by atoms with E-state index in [1.807, 2.05) is 0 Å². The van der Waals surface area contributed by atoms with Crippen molar-refractivity contribution in [3.8, 4) is 0 Å². The van der Waals surface area contributed by atoms with Gasteiger partial charge in [0.1, 0.15) is 6.10 Å². The molecule has 0 radical (unpaired) electrons. The number of carbonyl (C=O) groups is 1. The summed E-state index contributed by atoms with van der Waals surface area (Å²) in [6.07, 6.45) is 9.90. The van der Waals surface area contributed by atoms with Gasteiger partial charge in [-0.05, 0) is 69.3 Å². The van der Waals surface area contributed by atoms with Gasteiger partial charge in [-0.3, -0.25) is 4.79 Å². The standard InChI is InChI=1S/C22H36O3/c1-15(2)22(24)12-11-21(6)10-9-17(4)14-19(25-18(5)23)13-16(3)7-8-20(21)22/h9,13,15,19-20,24H,7-8,10-12,14H2,1-6H3/b16-13+,17-9+/t19-,20-,21+,22-/m1/s1. The second-order valence-corrected chi connectivity index (χ2v) is 9.01. The van der Waals surface area contributed by atoms with Gasteiger partial charge < -0.3 is 9.84 Å². The van der Waals surface area contributed by atoms with E-state index in [-0.39, 0.29) is 23.4 Å². The van der Waals surface area contributed by atoms with Crippen molar-refractivity contribution < 1.29 is 14.6 Å². The number of hydrogen-bond acceptors (Lipinski definition) is 3. The summed E-state index contributed by atoms with van der Waals surface area (Å²) in [5, 5.41) is 11.4. The number of rotatable bonds is 2. The van der Waals surface area contributed by atoms with Crippen LogP contribution in [0.4, 0.5) is 0 Å². The van der Waals surface area contributed by atoms with Crippen molar-refractivity contribution in [3.05, 3.63) is 23.3 Å². The number of allylic oxidation sites excluding steroid dienone is 2. The fourth-order valence-corrected chi connectivity index (χ4v) is 4.90. The monoisotopic (exact) mass is 348 g/mol. The van der Waals surface area contributed by atoms with Gasteiger partial charge >= 0.3 is 5.97 Å². The van der Waals surface area contributed by atoms with E-state index < -0.39 is 5.60 Å². The molecule has 0 saturated heterocycles. The number of fused-ring (bicyclic) bond motifs is 1. The Morgan fingerprint density at radius 2 is 1.96 bits per heavy atom. The molecule has 1 N–H and O–H groups in total. The van der Waals surface area contributed by atoms with E-state index in [2.05, 4.69) is 46.8 Å². The van der Waals surface area contributed by atoms with Gasteiger partial charge in [0.15, 0.2) is 0 Å². The lowest BCUT2D eigenvalue weighted by Gasteiger charge is -2.41. The van der Waals surface area contributed by atoms with Gasteiger partial charge in [0.05, 0.1) is 5.60 Å². The van der Waals surface area contributed by atoms with Crippen LogP contribution in [0.1, 0.15) is 80.1 Å². The maximum absolute atomic E-state index is 11.4. The number of carbonyl (C=O) groups excluding carboxylic acids is 1. The van der Waals surface area contributed by atoms with Crippen molar-refractivity contribution in [3.63, 3.8) is 0 Å². The summed E-state index contributed by atoms with van der Waals surface area (Å²) in [5.41, 5.74) is 2.08. The first-order valence-electron chi connectivity index (χ1n) is 9.79. The minimum Gasteiger partial charge on any atom is -0.458 e. The summed E-state index contributed by atoms with van der Waals surface area (Å²) in [7, 11) is 0. The Morgan fingerprint density at radius 1 is 1.28 bits per heavy atom. The molecule has 2 rings (SSSR count). The van der Waals surface area contributed by atoms with Gasteiger partial charge in [0.25, 0.3) is 0 Å². The summed E-state index contributed by atoms with van der Waals surface area (Å²) in [5.74, 6) is 0.347. The predicted molar refractivity (Wildman–Crippen MR) is 102 cm³/mol. The minimum absolute atomic E-state index is 0.141. The first-order valence-corrected chi connectivity index (χ1v) is 9.79. The molecule has 0 aromatic rings. The van der Waals surface area contributed by atoms with Crippen LogP contribution in [-0.4, -0.2) is 22.8 Å². The van der Waals surface area contributed by atoms with E-state index in [0.717, 1.165) is 38.5 Å². The van der Waals surface area contributed by atoms with Crippen LogP contribution < -0.4 is 0 Å². The molecule has 0 spiro atoms. The van der Waals surface area contributed by atoms with Gasteiger partial charge in [-0.2, -0.15) is 0 Å². The van der Waals surface area contributed by atoms with E-state index in [1.165, 1.54) is 18.1 Å². The first-order chi connectivity index (χ1) is 11.6. The molecule has 0 aromatic carbocycles. The van der Waals surface area contributed by atoms with Crippen LogP contribution in [0.25, 0.3) is 0 Å². The summed E-state index contributed by atoms with van der Waals surface area (Å²) >= 11 is 0. The van der Waals surface area contributed by atoms with Crippen LogP contribution in [0.3, 0.4) is 0 Å². The van der Waals surface area contributed by atoms with E-state index in [1.54, 1.807) is 0 Å². The summed E-state index contributed by atoms with van der Waals surface area (Å²) in [6, 6.07) is 0. The number of esters is 1. The molecular weight excluding hydrogens is 312 g/mol. The number of aliphatic hydroxyl groups is 1. The predicted octanol–water partition coefficient (Wildman–Crippen LogP) is 5.19. The van der Waals surface area contributed by atoms with Crippen molar-refractivity contribution in [2.45, 2.75) is 91.8 Å². The largest absolute Gasteiger partial charge is 0.458 e. The third kappa shape index (κ3) is 4.55. The Bertz CT molecular complexity index is 560. The van der Waals surface area contributed by atoms with E-state index in [9.17, 15) is 9.90 Å². The van der Waals surface area contributed by atoms with Crippen molar-refractivity contribution in [1.82, 2.24) is 0 Å². The lowest BCUT2D eigenvalue weighted by atomic mass is 9.67. The molecule has 4 atom stereocenters. The Balaban J connectivity index is 2.33. The highest BCUT2D eigenvalue weighted by Crippen LogP contribution is 2.56. The molecule has 1 saturated carbocycles. The number of ether oxygens (including phenoxy) is 1. The van der Waals surface area contributed by atoms with Crippen LogP contribution in [0, 0.1) is 17.3 Å². The average molecular weight is 349 g/mol. The molecule has 1 fully saturated rings. The zero-order valence-electron chi connectivity index (χ0n) is 16.9. The zero-order chi connectivity index (χ0) is 18.8. The van der Waals surface area contributed by atoms with E-state index in [0.29, 0.717) is 5.92 Å². The quantitative estimate of drug-likeness (QED) is 0.552. The smallest absolute Gasteiger partial charge is 0.303 e. The second-order valence-electron chi connectivity index (χ2n) is 9.01. The number of hydrogen-bond donors (Lipinski definition) is 1. The molecule has 0 amide bonds. The Morgan fingerprint density at radius 3 is 2.56 bits per heavy atom. The van der Waals surface area contributed by atoms with Gasteiger partial charge in [-0.1, -0.05) is 38.0 Å². The minimum atomic E-state index is -0.569. The summed E-state index contributed by atoms with van der Waals surface area (Å²) < 4.78 is 5.50. The van der Waals surface area contributed by atoms with Gasteiger partial charge in [-0.25, -0.2) is 0 Å². The fraction of sp³-hybridized carbons (Fsp3) is 0.773. The van der Waals surface area contributed by atoms with Gasteiger partial charge in [0, 0.05) is 13.3 Å². The van der Waals surface area contributed by atoms with Crippen molar-refractivity contribution >= 4 is 5.97 Å². The van der Waals surface area contributed by atoms with Crippen molar-refractivity contribution in [2.75, 3.05) is 0 Å². The highest BCUT2D eigenvalue weighted by atomic mass is 16.5. The molecule has 142 valence electrons. The molecule has 0 unspecified atom stereocenters. The van der Waals surface area contributed by atoms with E-state index >= 15 is 0 Å². The maximum Gasteiger partial charge on any atom is 0.303 e. The van der Waals surface area contributed by atoms with Gasteiger partial charge in [-0.15, -0.1) is 0 Å². The molecule has 25 heavy (non-hydrogen) atoms. The maximum atomic E-state index is 11.4. The van der Waals surface area contributed by atoms with Crippen molar-refractivity contribution in [1.29, 1.82) is 0 Å².